The average Bonchev–Trinajstić information content (AvgIpc) is 2.56. The second-order valence-corrected chi connectivity index (χ2v) is 7.64. The summed E-state index contributed by atoms with van der Waals surface area (Å²) in [5, 5.41) is 22.7. The largest absolute Gasteiger partial charge is 0.506 e. The highest BCUT2D eigenvalue weighted by molar-refractivity contribution is 7.91. The Labute approximate surface area is 148 Å². The fraction of sp³-hybridized carbons (Fsp3) is 0.133. The maximum atomic E-state index is 12.3. The van der Waals surface area contributed by atoms with Crippen molar-refractivity contribution >= 4 is 38.7 Å². The summed E-state index contributed by atoms with van der Waals surface area (Å²) in [6.07, 6.45) is 0. The molecule has 0 unspecified atom stereocenters. The van der Waals surface area contributed by atoms with E-state index in [9.17, 15) is 28.4 Å². The van der Waals surface area contributed by atoms with Crippen LogP contribution in [0, 0.1) is 10.1 Å². The SMILES string of the molecule is CCS(=O)(=O)c1ccc(O)c(NC(=O)c2ccc([N+](=O)[O-])cc2Cl)c1. The van der Waals surface area contributed by atoms with Gasteiger partial charge in [-0.25, -0.2) is 8.42 Å². The van der Waals surface area contributed by atoms with Crippen LogP contribution in [-0.2, 0) is 9.84 Å². The first-order valence-electron chi connectivity index (χ1n) is 6.96. The fourth-order valence-electron chi connectivity index (χ4n) is 1.97. The van der Waals surface area contributed by atoms with E-state index in [4.69, 9.17) is 11.6 Å². The molecule has 25 heavy (non-hydrogen) atoms. The van der Waals surface area contributed by atoms with Crippen LogP contribution in [0.3, 0.4) is 0 Å². The molecule has 0 spiro atoms. The Hall–Kier alpha value is -2.65. The fourth-order valence-corrected chi connectivity index (χ4v) is 3.13. The Balaban J connectivity index is 2.35. The first kappa shape index (κ1) is 18.7. The Kier molecular flexibility index (Phi) is 5.29. The Morgan fingerprint density at radius 3 is 2.52 bits per heavy atom. The number of nitrogens with zero attached hydrogens (tertiary/aromatic N) is 1. The van der Waals surface area contributed by atoms with Gasteiger partial charge in [0.05, 0.1) is 31.8 Å². The van der Waals surface area contributed by atoms with Gasteiger partial charge < -0.3 is 10.4 Å². The number of nitrogens with one attached hydrogen (secondary N) is 1. The molecule has 2 N–H and O–H groups in total. The summed E-state index contributed by atoms with van der Waals surface area (Å²) in [5.41, 5.74) is -0.454. The smallest absolute Gasteiger partial charge is 0.270 e. The molecule has 10 heteroatoms. The predicted octanol–water partition coefficient (Wildman–Crippen LogP) is 3.00. The van der Waals surface area contributed by atoms with Gasteiger partial charge in [0.2, 0.25) is 0 Å². The molecule has 1 amide bonds. The number of rotatable bonds is 5. The van der Waals surface area contributed by atoms with Crippen LogP contribution in [0.4, 0.5) is 11.4 Å². The number of hydrogen-bond donors (Lipinski definition) is 2. The minimum absolute atomic E-state index is 0.0575. The van der Waals surface area contributed by atoms with Crippen molar-refractivity contribution in [3.05, 3.63) is 57.1 Å². The molecule has 0 heterocycles. The molecule has 0 atom stereocenters. The van der Waals surface area contributed by atoms with Crippen LogP contribution >= 0.6 is 11.6 Å². The number of phenolic OH excluding ortho intramolecular Hbond substituents is 1. The number of amides is 1. The molecular weight excluding hydrogens is 372 g/mol. The van der Waals surface area contributed by atoms with Gasteiger partial charge in [-0.1, -0.05) is 18.5 Å². The molecular formula is C15H13ClN2O6S. The molecule has 2 aromatic carbocycles. The number of halogens is 1. The van der Waals surface area contributed by atoms with E-state index in [0.29, 0.717) is 0 Å². The third kappa shape index (κ3) is 4.06. The van der Waals surface area contributed by atoms with Gasteiger partial charge in [0.15, 0.2) is 9.84 Å². The van der Waals surface area contributed by atoms with Crippen molar-refractivity contribution in [2.24, 2.45) is 0 Å². The van der Waals surface area contributed by atoms with Gasteiger partial charge in [-0.05, 0) is 24.3 Å². The molecule has 2 rings (SSSR count). The van der Waals surface area contributed by atoms with Crippen molar-refractivity contribution in [2.75, 3.05) is 11.1 Å². The summed E-state index contributed by atoms with van der Waals surface area (Å²) in [4.78, 5) is 22.2. The third-order valence-electron chi connectivity index (χ3n) is 3.36. The first-order chi connectivity index (χ1) is 11.7. The molecule has 0 aliphatic carbocycles. The Morgan fingerprint density at radius 1 is 1.28 bits per heavy atom. The second-order valence-electron chi connectivity index (χ2n) is 4.96. The maximum Gasteiger partial charge on any atom is 0.270 e. The summed E-state index contributed by atoms with van der Waals surface area (Å²) in [5.74, 6) is -1.22. The maximum absolute atomic E-state index is 12.3. The highest BCUT2D eigenvalue weighted by atomic mass is 35.5. The second kappa shape index (κ2) is 7.08. The molecule has 8 nitrogen and oxygen atoms in total. The number of carbonyl (C=O) groups excluding carboxylic acids is 1. The van der Waals surface area contributed by atoms with Crippen molar-refractivity contribution in [3.63, 3.8) is 0 Å². The van der Waals surface area contributed by atoms with Crippen LogP contribution < -0.4 is 5.32 Å². The van der Waals surface area contributed by atoms with Crippen molar-refractivity contribution < 1.29 is 23.2 Å². The summed E-state index contributed by atoms with van der Waals surface area (Å²) in [6.45, 7) is 1.47. The number of aromatic hydroxyl groups is 1. The topological polar surface area (TPSA) is 127 Å². The number of non-ortho nitro benzene ring substituents is 1. The van der Waals surface area contributed by atoms with Gasteiger partial charge >= 0.3 is 0 Å². The number of nitro benzene ring substituents is 1. The molecule has 0 saturated carbocycles. The Morgan fingerprint density at radius 2 is 1.96 bits per heavy atom. The van der Waals surface area contributed by atoms with Crippen molar-refractivity contribution in [1.82, 2.24) is 0 Å². The van der Waals surface area contributed by atoms with Crippen LogP contribution in [0.15, 0.2) is 41.3 Å². The molecule has 0 aliphatic heterocycles. The van der Waals surface area contributed by atoms with Gasteiger partial charge in [-0.15, -0.1) is 0 Å². The lowest BCUT2D eigenvalue weighted by atomic mass is 10.2. The van der Waals surface area contributed by atoms with E-state index >= 15 is 0 Å². The molecule has 132 valence electrons. The monoisotopic (exact) mass is 384 g/mol. The van der Waals surface area contributed by atoms with Crippen LogP contribution in [0.25, 0.3) is 0 Å². The zero-order chi connectivity index (χ0) is 18.8. The number of benzene rings is 2. The van der Waals surface area contributed by atoms with Crippen molar-refractivity contribution in [1.29, 1.82) is 0 Å². The summed E-state index contributed by atoms with van der Waals surface area (Å²) >= 11 is 5.88. The van der Waals surface area contributed by atoms with Crippen LogP contribution in [-0.4, -0.2) is 30.1 Å². The van der Waals surface area contributed by atoms with E-state index in [2.05, 4.69) is 5.32 Å². The number of anilines is 1. The minimum atomic E-state index is -3.52. The molecule has 0 fully saturated rings. The van der Waals surface area contributed by atoms with Crippen LogP contribution in [0.2, 0.25) is 5.02 Å². The molecule has 2 aromatic rings. The average molecular weight is 385 g/mol. The van der Waals surface area contributed by atoms with E-state index in [-0.39, 0.29) is 38.4 Å². The van der Waals surface area contributed by atoms with Gasteiger partial charge in [-0.3, -0.25) is 14.9 Å². The first-order valence-corrected chi connectivity index (χ1v) is 9.00. The summed E-state index contributed by atoms with van der Waals surface area (Å²) in [6, 6.07) is 6.80. The predicted molar refractivity (Wildman–Crippen MR) is 91.9 cm³/mol. The van der Waals surface area contributed by atoms with Crippen LogP contribution in [0.5, 0.6) is 5.75 Å². The third-order valence-corrected chi connectivity index (χ3v) is 5.41. The number of nitro groups is 1. The van der Waals surface area contributed by atoms with E-state index in [1.165, 1.54) is 19.1 Å². The highest BCUT2D eigenvalue weighted by Crippen LogP contribution is 2.29. The van der Waals surface area contributed by atoms with Gasteiger partial charge in [0, 0.05) is 12.1 Å². The highest BCUT2D eigenvalue weighted by Gasteiger charge is 2.18. The molecule has 0 aromatic heterocycles. The van der Waals surface area contributed by atoms with E-state index < -0.39 is 20.7 Å². The lowest BCUT2D eigenvalue weighted by Gasteiger charge is -2.10. The van der Waals surface area contributed by atoms with Crippen molar-refractivity contribution in [2.45, 2.75) is 11.8 Å². The quantitative estimate of drug-likeness (QED) is 0.463. The van der Waals surface area contributed by atoms with E-state index in [1.807, 2.05) is 0 Å². The van der Waals surface area contributed by atoms with Crippen molar-refractivity contribution in [3.8, 4) is 5.75 Å². The standard InChI is InChI=1S/C15H13ClN2O6S/c1-2-25(23,24)10-4-6-14(19)13(8-10)17-15(20)11-5-3-9(18(21)22)7-12(11)16/h3-8,19H,2H2,1H3,(H,17,20). The number of sulfone groups is 1. The lowest BCUT2D eigenvalue weighted by Crippen LogP contribution is -2.13. The zero-order valence-electron chi connectivity index (χ0n) is 12.9. The minimum Gasteiger partial charge on any atom is -0.506 e. The zero-order valence-corrected chi connectivity index (χ0v) is 14.5. The molecule has 0 bridgehead atoms. The van der Waals surface area contributed by atoms with Gasteiger partial charge in [-0.2, -0.15) is 0 Å². The summed E-state index contributed by atoms with van der Waals surface area (Å²) < 4.78 is 23.8. The number of phenols is 1. The molecule has 0 radical (unpaired) electrons. The van der Waals surface area contributed by atoms with E-state index in [0.717, 1.165) is 24.3 Å². The van der Waals surface area contributed by atoms with Gasteiger partial charge in [0.1, 0.15) is 5.75 Å². The lowest BCUT2D eigenvalue weighted by molar-refractivity contribution is -0.384. The van der Waals surface area contributed by atoms with Gasteiger partial charge in [0.25, 0.3) is 11.6 Å². The summed E-state index contributed by atoms with van der Waals surface area (Å²) in [7, 11) is -3.52. The normalized spacial score (nSPS) is 11.1. The molecule has 0 aliphatic rings. The number of carbonyl (C=O) groups is 1. The Bertz CT molecular complexity index is 958. The molecule has 0 saturated heterocycles. The number of hydrogen-bond acceptors (Lipinski definition) is 6. The van der Waals surface area contributed by atoms with E-state index in [1.54, 1.807) is 0 Å². The van der Waals surface area contributed by atoms with Crippen LogP contribution in [0.1, 0.15) is 17.3 Å².